The van der Waals surface area contributed by atoms with Crippen LogP contribution in [0.5, 0.6) is 0 Å². The maximum absolute atomic E-state index is 13.8. The lowest BCUT2D eigenvalue weighted by Gasteiger charge is -2.42. The van der Waals surface area contributed by atoms with Crippen molar-refractivity contribution < 1.29 is 18.9 Å². The Morgan fingerprint density at radius 2 is 1.97 bits per heavy atom. The fourth-order valence-corrected chi connectivity index (χ4v) is 4.94. The summed E-state index contributed by atoms with van der Waals surface area (Å²) in [6, 6.07) is 11.5. The Labute approximate surface area is 181 Å². The normalized spacial score (nSPS) is 23.7. The summed E-state index contributed by atoms with van der Waals surface area (Å²) in [5, 5.41) is 4.17. The van der Waals surface area contributed by atoms with Gasteiger partial charge in [-0.25, -0.2) is 0 Å². The van der Waals surface area contributed by atoms with E-state index in [2.05, 4.69) is 5.16 Å². The van der Waals surface area contributed by atoms with Gasteiger partial charge in [-0.3, -0.25) is 14.4 Å². The average Bonchev–Trinajstić information content (AvgIpc) is 3.42. The number of rotatable bonds is 5. The molecule has 164 valence electrons. The summed E-state index contributed by atoms with van der Waals surface area (Å²) in [4.78, 5) is 41.4. The highest BCUT2D eigenvalue weighted by Crippen LogP contribution is 2.36. The number of amides is 3. The van der Waals surface area contributed by atoms with Gasteiger partial charge in [0.2, 0.25) is 17.7 Å². The highest BCUT2D eigenvalue weighted by atomic mass is 16.5. The molecule has 8 heteroatoms. The highest BCUT2D eigenvalue weighted by Gasteiger charge is 2.51. The van der Waals surface area contributed by atoms with Gasteiger partial charge in [-0.15, -0.1) is 0 Å². The first-order valence-electron chi connectivity index (χ1n) is 10.8. The third-order valence-electron chi connectivity index (χ3n) is 6.47. The molecule has 4 rings (SSSR count). The highest BCUT2D eigenvalue weighted by molar-refractivity contribution is 5.92. The summed E-state index contributed by atoms with van der Waals surface area (Å²) in [6.07, 6.45) is 2.94. The first-order chi connectivity index (χ1) is 14.9. The number of hydrogen-bond donors (Lipinski definition) is 1. The summed E-state index contributed by atoms with van der Waals surface area (Å²) < 4.78 is 5.60. The third-order valence-corrected chi connectivity index (χ3v) is 6.47. The third kappa shape index (κ3) is 4.06. The quantitative estimate of drug-likeness (QED) is 0.789. The van der Waals surface area contributed by atoms with Crippen molar-refractivity contribution in [3.8, 4) is 11.3 Å². The molecule has 2 aliphatic rings. The van der Waals surface area contributed by atoms with E-state index in [-0.39, 0.29) is 30.1 Å². The molecule has 2 N–H and O–H groups in total. The van der Waals surface area contributed by atoms with E-state index in [9.17, 15) is 14.4 Å². The minimum absolute atomic E-state index is 0.135. The maximum Gasteiger partial charge on any atom is 0.249 e. The van der Waals surface area contributed by atoms with Gasteiger partial charge in [-0.1, -0.05) is 35.5 Å². The van der Waals surface area contributed by atoms with Crippen LogP contribution in [0.4, 0.5) is 0 Å². The van der Waals surface area contributed by atoms with Crippen molar-refractivity contribution in [2.75, 3.05) is 19.6 Å². The fourth-order valence-electron chi connectivity index (χ4n) is 4.94. The molecule has 31 heavy (non-hydrogen) atoms. The number of primary amides is 1. The van der Waals surface area contributed by atoms with Crippen molar-refractivity contribution in [1.29, 1.82) is 0 Å². The molecule has 0 bridgehead atoms. The van der Waals surface area contributed by atoms with E-state index < -0.39 is 5.54 Å². The molecule has 1 aromatic heterocycles. The van der Waals surface area contributed by atoms with Crippen molar-refractivity contribution in [2.45, 2.75) is 44.6 Å². The van der Waals surface area contributed by atoms with Gasteiger partial charge >= 0.3 is 0 Å². The molecule has 2 aliphatic heterocycles. The van der Waals surface area contributed by atoms with Crippen LogP contribution in [0.1, 0.15) is 38.4 Å². The zero-order valence-corrected chi connectivity index (χ0v) is 17.8. The van der Waals surface area contributed by atoms with Crippen molar-refractivity contribution in [1.82, 2.24) is 15.0 Å². The number of likely N-dealkylation sites (tertiary alicyclic amines) is 2. The van der Waals surface area contributed by atoms with E-state index in [1.54, 1.807) is 9.80 Å². The number of hydrogen-bond acceptors (Lipinski definition) is 5. The standard InChI is InChI=1S/C23H28N4O4/c1-16(28)27-12-6-10-23(27,22(30)26-11-5-9-18(15-26)21(24)29)14-19-13-20(25-31-19)17-7-3-2-4-8-17/h2-4,7-8,13,18H,5-6,9-12,14-15H2,1H3,(H2,24,29)/t18-,23-/m0/s1. The Kier molecular flexibility index (Phi) is 5.80. The zero-order valence-electron chi connectivity index (χ0n) is 17.8. The van der Waals surface area contributed by atoms with Crippen LogP contribution in [0.3, 0.4) is 0 Å². The predicted molar refractivity (Wildman–Crippen MR) is 113 cm³/mol. The summed E-state index contributed by atoms with van der Waals surface area (Å²) in [5.74, 6) is -0.453. The smallest absolute Gasteiger partial charge is 0.249 e. The van der Waals surface area contributed by atoms with Gasteiger partial charge in [0.15, 0.2) is 0 Å². The molecule has 2 aromatic rings. The Morgan fingerprint density at radius 3 is 2.68 bits per heavy atom. The van der Waals surface area contributed by atoms with Gasteiger partial charge in [-0.05, 0) is 25.7 Å². The number of carbonyl (C=O) groups is 3. The van der Waals surface area contributed by atoms with Gasteiger partial charge in [0.25, 0.3) is 0 Å². The van der Waals surface area contributed by atoms with Crippen molar-refractivity contribution in [2.24, 2.45) is 11.7 Å². The second-order valence-corrected chi connectivity index (χ2v) is 8.52. The average molecular weight is 425 g/mol. The van der Waals surface area contributed by atoms with Crippen molar-refractivity contribution in [3.63, 3.8) is 0 Å². The van der Waals surface area contributed by atoms with E-state index in [1.165, 1.54) is 6.92 Å². The second kappa shape index (κ2) is 8.53. The fraction of sp³-hybridized carbons (Fsp3) is 0.478. The number of piperidine rings is 1. The molecular formula is C23H28N4O4. The number of aromatic nitrogens is 1. The summed E-state index contributed by atoms with van der Waals surface area (Å²) in [7, 11) is 0. The van der Waals surface area contributed by atoms with Crippen LogP contribution in [0.15, 0.2) is 40.9 Å². The second-order valence-electron chi connectivity index (χ2n) is 8.52. The number of nitrogens with two attached hydrogens (primary N) is 1. The van der Waals surface area contributed by atoms with Gasteiger partial charge in [0.05, 0.1) is 5.92 Å². The zero-order chi connectivity index (χ0) is 22.0. The summed E-state index contributed by atoms with van der Waals surface area (Å²) in [6.45, 7) is 2.87. The lowest BCUT2D eigenvalue weighted by Crippen LogP contribution is -2.61. The van der Waals surface area contributed by atoms with Crippen LogP contribution in [-0.2, 0) is 20.8 Å². The molecule has 2 saturated heterocycles. The molecule has 8 nitrogen and oxygen atoms in total. The molecular weight excluding hydrogens is 396 g/mol. The molecule has 0 radical (unpaired) electrons. The Bertz CT molecular complexity index is 973. The molecule has 1 aromatic carbocycles. The lowest BCUT2D eigenvalue weighted by molar-refractivity contribution is -0.152. The minimum Gasteiger partial charge on any atom is -0.369 e. The van der Waals surface area contributed by atoms with Crippen molar-refractivity contribution >= 4 is 17.7 Å². The predicted octanol–water partition coefficient (Wildman–Crippen LogP) is 1.99. The first-order valence-corrected chi connectivity index (χ1v) is 10.8. The first kappa shape index (κ1) is 21.1. The molecule has 2 atom stereocenters. The largest absolute Gasteiger partial charge is 0.369 e. The van der Waals surface area contributed by atoms with Crippen LogP contribution in [0.25, 0.3) is 11.3 Å². The number of benzene rings is 1. The Balaban J connectivity index is 1.63. The minimum atomic E-state index is -1.03. The van der Waals surface area contributed by atoms with E-state index in [0.717, 1.165) is 18.4 Å². The Hall–Kier alpha value is -3.16. The molecule has 3 heterocycles. The topological polar surface area (TPSA) is 110 Å². The maximum atomic E-state index is 13.8. The molecule has 2 fully saturated rings. The van der Waals surface area contributed by atoms with E-state index >= 15 is 0 Å². The molecule has 0 unspecified atom stereocenters. The van der Waals surface area contributed by atoms with Gasteiger partial charge in [0, 0.05) is 44.6 Å². The summed E-state index contributed by atoms with van der Waals surface area (Å²) in [5.41, 5.74) is 6.10. The van der Waals surface area contributed by atoms with Crippen LogP contribution < -0.4 is 5.73 Å². The van der Waals surface area contributed by atoms with E-state index in [1.807, 2.05) is 36.4 Å². The molecule has 0 aliphatic carbocycles. The van der Waals surface area contributed by atoms with Crippen LogP contribution >= 0.6 is 0 Å². The summed E-state index contributed by atoms with van der Waals surface area (Å²) >= 11 is 0. The van der Waals surface area contributed by atoms with Crippen LogP contribution in [0, 0.1) is 5.92 Å². The Morgan fingerprint density at radius 1 is 1.19 bits per heavy atom. The van der Waals surface area contributed by atoms with E-state index in [0.29, 0.717) is 43.9 Å². The lowest BCUT2D eigenvalue weighted by atomic mass is 9.86. The van der Waals surface area contributed by atoms with Crippen LogP contribution in [0.2, 0.25) is 0 Å². The van der Waals surface area contributed by atoms with Crippen LogP contribution in [-0.4, -0.2) is 57.9 Å². The monoisotopic (exact) mass is 424 g/mol. The van der Waals surface area contributed by atoms with Gasteiger partial charge in [0.1, 0.15) is 17.0 Å². The molecule has 3 amide bonds. The molecule has 0 saturated carbocycles. The van der Waals surface area contributed by atoms with Gasteiger partial charge in [-0.2, -0.15) is 0 Å². The van der Waals surface area contributed by atoms with Crippen molar-refractivity contribution in [3.05, 3.63) is 42.2 Å². The van der Waals surface area contributed by atoms with E-state index in [4.69, 9.17) is 10.3 Å². The number of nitrogens with zero attached hydrogens (tertiary/aromatic N) is 3. The SMILES string of the molecule is CC(=O)N1CCC[C@]1(Cc1cc(-c2ccccc2)no1)C(=O)N1CCC[C@H](C(N)=O)C1. The van der Waals surface area contributed by atoms with Gasteiger partial charge < -0.3 is 20.1 Å². The molecule has 0 spiro atoms. The number of carbonyl (C=O) groups excluding carboxylic acids is 3.